The van der Waals surface area contributed by atoms with E-state index in [0.717, 1.165) is 0 Å². The molecule has 0 rings (SSSR count). The van der Waals surface area contributed by atoms with E-state index in [4.69, 9.17) is 5.11 Å². The Bertz CT molecular complexity index is 134. The molecule has 0 heterocycles. The molecule has 0 saturated carbocycles. The topological polar surface area (TPSA) is 29.5 Å². The van der Waals surface area contributed by atoms with Crippen LogP contribution in [0, 0.1) is 0 Å². The van der Waals surface area contributed by atoms with E-state index in [1.54, 1.807) is 18.2 Å². The number of aliphatic hydroxyl groups excluding tert-OH is 1. The molecule has 50 valence electrons. The number of hydrogen-bond acceptors (Lipinski definition) is 2. The van der Waals surface area contributed by atoms with Gasteiger partial charge in [-0.2, -0.15) is 0 Å². The second-order valence-electron chi connectivity index (χ2n) is 1.33. The van der Waals surface area contributed by atoms with E-state index in [1.807, 2.05) is 0 Å². The molecule has 0 aliphatic heterocycles. The molecule has 0 bridgehead atoms. The maximum absolute atomic E-state index is 8.64. The van der Waals surface area contributed by atoms with Gasteiger partial charge in [-0.1, -0.05) is 24.8 Å². The molecular formula is C7H10O2. The monoisotopic (exact) mass is 126 g/mol. The SMILES string of the molecule is C=CC=CC=C(O)OC. The molecule has 0 unspecified atom stereocenters. The Morgan fingerprint density at radius 1 is 1.56 bits per heavy atom. The first-order chi connectivity index (χ1) is 4.31. The largest absolute Gasteiger partial charge is 0.481 e. The fourth-order valence-corrected chi connectivity index (χ4v) is 0.284. The maximum Gasteiger partial charge on any atom is 0.276 e. The first-order valence-electron chi connectivity index (χ1n) is 2.53. The van der Waals surface area contributed by atoms with E-state index >= 15 is 0 Å². The minimum Gasteiger partial charge on any atom is -0.481 e. The van der Waals surface area contributed by atoms with Gasteiger partial charge in [-0.3, -0.25) is 0 Å². The lowest BCUT2D eigenvalue weighted by Crippen LogP contribution is -1.80. The molecule has 0 aliphatic carbocycles. The number of allylic oxidation sites excluding steroid dienone is 4. The van der Waals surface area contributed by atoms with E-state index in [9.17, 15) is 0 Å². The van der Waals surface area contributed by atoms with Crippen LogP contribution in [-0.4, -0.2) is 12.2 Å². The summed E-state index contributed by atoms with van der Waals surface area (Å²) in [7, 11) is 1.40. The molecule has 2 nitrogen and oxygen atoms in total. The molecule has 0 aromatic carbocycles. The average molecular weight is 126 g/mol. The molecular weight excluding hydrogens is 116 g/mol. The van der Waals surface area contributed by atoms with Crippen LogP contribution in [0.5, 0.6) is 0 Å². The number of rotatable bonds is 3. The molecule has 0 fully saturated rings. The molecule has 0 aliphatic rings. The summed E-state index contributed by atoms with van der Waals surface area (Å²) in [6.45, 7) is 3.44. The Morgan fingerprint density at radius 2 is 2.22 bits per heavy atom. The van der Waals surface area contributed by atoms with Gasteiger partial charge in [-0.25, -0.2) is 0 Å². The first kappa shape index (κ1) is 7.82. The number of aliphatic hydroxyl groups is 1. The van der Waals surface area contributed by atoms with Crippen molar-refractivity contribution < 1.29 is 9.84 Å². The molecule has 0 radical (unpaired) electrons. The third-order valence-corrected chi connectivity index (χ3v) is 0.695. The van der Waals surface area contributed by atoms with Crippen molar-refractivity contribution in [2.24, 2.45) is 0 Å². The molecule has 0 amide bonds. The van der Waals surface area contributed by atoms with Gasteiger partial charge in [0, 0.05) is 6.08 Å². The van der Waals surface area contributed by atoms with Gasteiger partial charge in [0.1, 0.15) is 0 Å². The van der Waals surface area contributed by atoms with Crippen molar-refractivity contribution in [1.82, 2.24) is 0 Å². The van der Waals surface area contributed by atoms with Crippen molar-refractivity contribution in [3.05, 3.63) is 36.8 Å². The molecule has 1 N–H and O–H groups in total. The van der Waals surface area contributed by atoms with Crippen molar-refractivity contribution in [2.45, 2.75) is 0 Å². The molecule has 0 atom stereocenters. The number of methoxy groups -OCH3 is 1. The van der Waals surface area contributed by atoms with Crippen LogP contribution >= 0.6 is 0 Å². The number of hydrogen-bond donors (Lipinski definition) is 1. The van der Waals surface area contributed by atoms with E-state index in [-0.39, 0.29) is 5.95 Å². The quantitative estimate of drug-likeness (QED) is 0.461. The summed E-state index contributed by atoms with van der Waals surface area (Å²) in [5.74, 6) is -0.104. The van der Waals surface area contributed by atoms with Crippen molar-refractivity contribution in [3.8, 4) is 0 Å². The Labute approximate surface area is 54.8 Å². The zero-order valence-electron chi connectivity index (χ0n) is 5.37. The third-order valence-electron chi connectivity index (χ3n) is 0.695. The van der Waals surface area contributed by atoms with Crippen LogP contribution in [-0.2, 0) is 4.74 Å². The zero-order valence-corrected chi connectivity index (χ0v) is 5.37. The van der Waals surface area contributed by atoms with Crippen LogP contribution in [0.2, 0.25) is 0 Å². The summed E-state index contributed by atoms with van der Waals surface area (Å²) < 4.78 is 4.43. The van der Waals surface area contributed by atoms with Crippen molar-refractivity contribution >= 4 is 0 Å². The molecule has 0 aromatic rings. The predicted molar refractivity (Wildman–Crippen MR) is 37.1 cm³/mol. The minimum absolute atomic E-state index is 0.104. The summed E-state index contributed by atoms with van der Waals surface area (Å²) >= 11 is 0. The Morgan fingerprint density at radius 3 is 2.67 bits per heavy atom. The average Bonchev–Trinajstić information content (AvgIpc) is 1.89. The summed E-state index contributed by atoms with van der Waals surface area (Å²) in [5, 5.41) is 8.64. The highest BCUT2D eigenvalue weighted by Gasteiger charge is 1.79. The van der Waals surface area contributed by atoms with Crippen LogP contribution in [0.4, 0.5) is 0 Å². The lowest BCUT2D eigenvalue weighted by Gasteiger charge is -1.90. The van der Waals surface area contributed by atoms with Gasteiger partial charge in [0.25, 0.3) is 5.95 Å². The van der Waals surface area contributed by atoms with Crippen LogP contribution < -0.4 is 0 Å². The van der Waals surface area contributed by atoms with Crippen molar-refractivity contribution in [3.63, 3.8) is 0 Å². The van der Waals surface area contributed by atoms with Crippen LogP contribution in [0.15, 0.2) is 36.8 Å². The Kier molecular flexibility index (Phi) is 4.32. The highest BCUT2D eigenvalue weighted by molar-refractivity contribution is 5.08. The smallest absolute Gasteiger partial charge is 0.276 e. The van der Waals surface area contributed by atoms with Crippen molar-refractivity contribution in [2.75, 3.05) is 7.11 Å². The van der Waals surface area contributed by atoms with Gasteiger partial charge in [0.2, 0.25) is 0 Å². The highest BCUT2D eigenvalue weighted by Crippen LogP contribution is 1.87. The maximum atomic E-state index is 8.64. The molecule has 2 heteroatoms. The second-order valence-corrected chi connectivity index (χ2v) is 1.33. The van der Waals surface area contributed by atoms with Crippen molar-refractivity contribution in [1.29, 1.82) is 0 Å². The molecule has 0 aromatic heterocycles. The van der Waals surface area contributed by atoms with E-state index in [0.29, 0.717) is 0 Å². The van der Waals surface area contributed by atoms with Gasteiger partial charge in [0.05, 0.1) is 7.11 Å². The minimum atomic E-state index is -0.104. The normalized spacial score (nSPS) is 11.9. The predicted octanol–water partition coefficient (Wildman–Crippen LogP) is 1.77. The molecule has 9 heavy (non-hydrogen) atoms. The summed E-state index contributed by atoms with van der Waals surface area (Å²) in [6, 6.07) is 0. The number of ether oxygens (including phenoxy) is 1. The third kappa shape index (κ3) is 4.68. The van der Waals surface area contributed by atoms with Crippen LogP contribution in [0.3, 0.4) is 0 Å². The molecule has 0 saturated heterocycles. The molecule has 0 spiro atoms. The second kappa shape index (κ2) is 4.97. The zero-order chi connectivity index (χ0) is 7.11. The summed E-state index contributed by atoms with van der Waals surface area (Å²) in [4.78, 5) is 0. The van der Waals surface area contributed by atoms with E-state index < -0.39 is 0 Å². The van der Waals surface area contributed by atoms with Crippen LogP contribution in [0.25, 0.3) is 0 Å². The Hall–Kier alpha value is -1.18. The summed E-state index contributed by atoms with van der Waals surface area (Å²) in [6.07, 6.45) is 6.36. The van der Waals surface area contributed by atoms with Gasteiger partial charge >= 0.3 is 0 Å². The van der Waals surface area contributed by atoms with Gasteiger partial charge in [-0.15, -0.1) is 0 Å². The lowest BCUT2D eigenvalue weighted by molar-refractivity contribution is 0.136. The fraction of sp³-hybridized carbons (Fsp3) is 0.143. The highest BCUT2D eigenvalue weighted by atomic mass is 16.6. The van der Waals surface area contributed by atoms with E-state index in [1.165, 1.54) is 13.2 Å². The lowest BCUT2D eigenvalue weighted by atomic mass is 10.5. The van der Waals surface area contributed by atoms with Gasteiger partial charge in [-0.05, 0) is 0 Å². The fourth-order valence-electron chi connectivity index (χ4n) is 0.284. The first-order valence-corrected chi connectivity index (χ1v) is 2.53. The van der Waals surface area contributed by atoms with E-state index in [2.05, 4.69) is 11.3 Å². The van der Waals surface area contributed by atoms with Crippen LogP contribution in [0.1, 0.15) is 0 Å². The Balaban J connectivity index is 3.67. The van der Waals surface area contributed by atoms with Gasteiger partial charge in [0.15, 0.2) is 0 Å². The summed E-state index contributed by atoms with van der Waals surface area (Å²) in [5.41, 5.74) is 0. The van der Waals surface area contributed by atoms with Gasteiger partial charge < -0.3 is 9.84 Å². The standard InChI is InChI=1S/C7H10O2/c1-3-4-5-6-7(8)9-2/h3-6,8H,1H2,2H3.